The molecule has 1 rings (SSSR count). The van der Waals surface area contributed by atoms with E-state index in [1.165, 1.54) is 4.88 Å². The van der Waals surface area contributed by atoms with Gasteiger partial charge in [0.1, 0.15) is 0 Å². The molecule has 0 spiro atoms. The van der Waals surface area contributed by atoms with E-state index < -0.39 is 0 Å². The molecule has 0 aliphatic carbocycles. The lowest BCUT2D eigenvalue weighted by molar-refractivity contribution is 0.481. The summed E-state index contributed by atoms with van der Waals surface area (Å²) in [6, 6.07) is 2.54. The van der Waals surface area contributed by atoms with Crippen LogP contribution in [0.3, 0.4) is 0 Å². The third kappa shape index (κ3) is 6.38. The van der Waals surface area contributed by atoms with Crippen LogP contribution >= 0.6 is 51.2 Å². The van der Waals surface area contributed by atoms with Crippen LogP contribution in [0, 0.1) is 5.92 Å². The molecule has 104 valence electrons. The first kappa shape index (κ1) is 18.2. The highest BCUT2D eigenvalue weighted by Crippen LogP contribution is 2.19. The maximum atomic E-state index is 4.22. The van der Waals surface area contributed by atoms with Gasteiger partial charge in [-0.05, 0) is 34.8 Å². The molecule has 1 heterocycles. The van der Waals surface area contributed by atoms with E-state index in [1.807, 2.05) is 0 Å². The van der Waals surface area contributed by atoms with E-state index in [0.29, 0.717) is 12.0 Å². The van der Waals surface area contributed by atoms with Crippen LogP contribution in [0.4, 0.5) is 0 Å². The molecule has 0 saturated heterocycles. The standard InChI is InChI=1S/C12H20BrN3S.HI/c1-8(2)9(3)16-12(14-4)15-6-11-5-10(13)7-17-11;/h5,7-9H,6H2,1-4H3,(H2,14,15,16);1H. The molecule has 18 heavy (non-hydrogen) atoms. The van der Waals surface area contributed by atoms with Gasteiger partial charge in [0.05, 0.1) is 6.54 Å². The van der Waals surface area contributed by atoms with Gasteiger partial charge in [0.25, 0.3) is 0 Å². The Labute approximate surface area is 139 Å². The summed E-state index contributed by atoms with van der Waals surface area (Å²) in [5, 5.41) is 8.78. The zero-order valence-electron chi connectivity index (χ0n) is 11.2. The molecule has 6 heteroatoms. The van der Waals surface area contributed by atoms with Gasteiger partial charge >= 0.3 is 0 Å². The van der Waals surface area contributed by atoms with Crippen molar-refractivity contribution in [2.75, 3.05) is 7.05 Å². The molecule has 0 bridgehead atoms. The monoisotopic (exact) mass is 445 g/mol. The first-order valence-electron chi connectivity index (χ1n) is 5.73. The first-order valence-corrected chi connectivity index (χ1v) is 7.40. The Kier molecular flexibility index (Phi) is 9.23. The smallest absolute Gasteiger partial charge is 0.191 e. The fraction of sp³-hybridized carbons (Fsp3) is 0.583. The van der Waals surface area contributed by atoms with Crippen molar-refractivity contribution in [1.82, 2.24) is 10.6 Å². The van der Waals surface area contributed by atoms with E-state index in [4.69, 9.17) is 0 Å². The fourth-order valence-corrected chi connectivity index (χ4v) is 2.59. The predicted molar refractivity (Wildman–Crippen MR) is 95.1 cm³/mol. The van der Waals surface area contributed by atoms with Crippen molar-refractivity contribution in [2.24, 2.45) is 10.9 Å². The molecule has 0 radical (unpaired) electrons. The van der Waals surface area contributed by atoms with E-state index in [1.54, 1.807) is 18.4 Å². The Hall–Kier alpha value is 0.180. The average Bonchev–Trinajstić information content (AvgIpc) is 2.69. The van der Waals surface area contributed by atoms with Crippen molar-refractivity contribution < 1.29 is 0 Å². The summed E-state index contributed by atoms with van der Waals surface area (Å²) in [7, 11) is 1.80. The molecular weight excluding hydrogens is 425 g/mol. The summed E-state index contributed by atoms with van der Waals surface area (Å²) in [5.74, 6) is 1.44. The van der Waals surface area contributed by atoms with Crippen LogP contribution in [-0.2, 0) is 6.54 Å². The number of hydrogen-bond acceptors (Lipinski definition) is 2. The van der Waals surface area contributed by atoms with E-state index in [-0.39, 0.29) is 24.0 Å². The summed E-state index contributed by atoms with van der Waals surface area (Å²) >= 11 is 5.19. The van der Waals surface area contributed by atoms with Gasteiger partial charge in [-0.3, -0.25) is 4.99 Å². The number of nitrogens with zero attached hydrogens (tertiary/aromatic N) is 1. The molecule has 0 aliphatic heterocycles. The number of hydrogen-bond donors (Lipinski definition) is 2. The summed E-state index contributed by atoms with van der Waals surface area (Å²) in [6.45, 7) is 7.36. The second-order valence-corrected chi connectivity index (χ2v) is 6.25. The maximum Gasteiger partial charge on any atom is 0.191 e. The van der Waals surface area contributed by atoms with Crippen molar-refractivity contribution in [3.63, 3.8) is 0 Å². The quantitative estimate of drug-likeness (QED) is 0.419. The van der Waals surface area contributed by atoms with E-state index >= 15 is 0 Å². The van der Waals surface area contributed by atoms with Crippen LogP contribution in [-0.4, -0.2) is 19.0 Å². The van der Waals surface area contributed by atoms with E-state index in [9.17, 15) is 0 Å². The SMILES string of the molecule is CN=C(NCc1cc(Br)cs1)NC(C)C(C)C.I. The Morgan fingerprint density at radius 1 is 1.44 bits per heavy atom. The molecule has 1 atom stereocenters. The number of aliphatic imine (C=N–C) groups is 1. The molecule has 0 saturated carbocycles. The second kappa shape index (κ2) is 9.14. The van der Waals surface area contributed by atoms with Crippen molar-refractivity contribution in [1.29, 1.82) is 0 Å². The molecular formula is C12H21BrIN3S. The maximum absolute atomic E-state index is 4.22. The summed E-state index contributed by atoms with van der Waals surface area (Å²) < 4.78 is 1.14. The van der Waals surface area contributed by atoms with Crippen LogP contribution in [0.5, 0.6) is 0 Å². The highest BCUT2D eigenvalue weighted by Gasteiger charge is 2.08. The molecule has 0 aromatic carbocycles. The van der Waals surface area contributed by atoms with Crippen LogP contribution in [0.1, 0.15) is 25.6 Å². The summed E-state index contributed by atoms with van der Waals surface area (Å²) in [4.78, 5) is 5.51. The number of halogens is 2. The van der Waals surface area contributed by atoms with Crippen molar-refractivity contribution in [3.8, 4) is 0 Å². The summed E-state index contributed by atoms with van der Waals surface area (Å²) in [6.07, 6.45) is 0. The molecule has 0 amide bonds. The van der Waals surface area contributed by atoms with Crippen molar-refractivity contribution >= 4 is 57.2 Å². The number of guanidine groups is 1. The highest BCUT2D eigenvalue weighted by atomic mass is 127. The minimum atomic E-state index is 0. The van der Waals surface area contributed by atoms with Gasteiger partial charge in [0, 0.05) is 27.8 Å². The van der Waals surface area contributed by atoms with E-state index in [0.717, 1.165) is 17.0 Å². The van der Waals surface area contributed by atoms with Gasteiger partial charge in [-0.1, -0.05) is 13.8 Å². The molecule has 1 unspecified atom stereocenters. The van der Waals surface area contributed by atoms with Gasteiger partial charge < -0.3 is 10.6 Å². The Balaban J connectivity index is 0.00000289. The zero-order valence-corrected chi connectivity index (χ0v) is 15.9. The lowest BCUT2D eigenvalue weighted by Gasteiger charge is -2.20. The second-order valence-electron chi connectivity index (χ2n) is 4.33. The lowest BCUT2D eigenvalue weighted by atomic mass is 10.1. The zero-order chi connectivity index (χ0) is 12.8. The Morgan fingerprint density at radius 3 is 2.56 bits per heavy atom. The van der Waals surface area contributed by atoms with Crippen molar-refractivity contribution in [3.05, 3.63) is 20.8 Å². The van der Waals surface area contributed by atoms with Gasteiger partial charge in [-0.25, -0.2) is 0 Å². The lowest BCUT2D eigenvalue weighted by Crippen LogP contribution is -2.43. The predicted octanol–water partition coefficient (Wildman–Crippen LogP) is 3.84. The van der Waals surface area contributed by atoms with Crippen LogP contribution in [0.25, 0.3) is 0 Å². The van der Waals surface area contributed by atoms with Crippen LogP contribution in [0.15, 0.2) is 20.9 Å². The van der Waals surface area contributed by atoms with Gasteiger partial charge in [0.15, 0.2) is 5.96 Å². The molecule has 1 aromatic heterocycles. The third-order valence-electron chi connectivity index (χ3n) is 2.64. The van der Waals surface area contributed by atoms with Crippen LogP contribution in [0.2, 0.25) is 0 Å². The summed E-state index contributed by atoms with van der Waals surface area (Å²) in [5.41, 5.74) is 0. The highest BCUT2D eigenvalue weighted by molar-refractivity contribution is 14.0. The number of nitrogens with one attached hydrogen (secondary N) is 2. The normalized spacial score (nSPS) is 13.1. The topological polar surface area (TPSA) is 36.4 Å². The van der Waals surface area contributed by atoms with Gasteiger partial charge in [0.2, 0.25) is 0 Å². The van der Waals surface area contributed by atoms with Crippen molar-refractivity contribution in [2.45, 2.75) is 33.4 Å². The van der Waals surface area contributed by atoms with Crippen LogP contribution < -0.4 is 10.6 Å². The third-order valence-corrected chi connectivity index (χ3v) is 4.34. The van der Waals surface area contributed by atoms with E-state index in [2.05, 4.69) is 63.8 Å². The number of thiophene rings is 1. The molecule has 0 fully saturated rings. The first-order chi connectivity index (χ1) is 8.02. The fourth-order valence-electron chi connectivity index (χ4n) is 1.19. The minimum Gasteiger partial charge on any atom is -0.354 e. The average molecular weight is 446 g/mol. The van der Waals surface area contributed by atoms with Gasteiger partial charge in [-0.2, -0.15) is 0 Å². The van der Waals surface area contributed by atoms with Gasteiger partial charge in [-0.15, -0.1) is 35.3 Å². The Morgan fingerprint density at radius 2 is 2.11 bits per heavy atom. The largest absolute Gasteiger partial charge is 0.354 e. The number of rotatable bonds is 4. The molecule has 0 aliphatic rings. The minimum absolute atomic E-state index is 0. The molecule has 3 nitrogen and oxygen atoms in total. The molecule has 1 aromatic rings. The molecule has 2 N–H and O–H groups in total. The Bertz CT molecular complexity index is 379.